The number of benzene rings is 1. The summed E-state index contributed by atoms with van der Waals surface area (Å²) in [5, 5.41) is 3.12. The number of halogens is 1. The van der Waals surface area contributed by atoms with Gasteiger partial charge < -0.3 is 14.8 Å². The summed E-state index contributed by atoms with van der Waals surface area (Å²) in [4.78, 5) is 0. The highest BCUT2D eigenvalue weighted by Crippen LogP contribution is 2.25. The minimum Gasteiger partial charge on any atom is -0.491 e. The van der Waals surface area contributed by atoms with Crippen molar-refractivity contribution in [3.05, 3.63) is 29.6 Å². The zero-order valence-electron chi connectivity index (χ0n) is 11.5. The van der Waals surface area contributed by atoms with Crippen molar-refractivity contribution in [1.29, 1.82) is 0 Å². The lowest BCUT2D eigenvalue weighted by Crippen LogP contribution is -2.16. The SMILES string of the molecule is CNC(C)c1ccc(F)cc1OCCOC(C)C. The number of hydrogen-bond donors (Lipinski definition) is 1. The second-order valence-electron chi connectivity index (χ2n) is 4.46. The molecule has 0 heterocycles. The van der Waals surface area contributed by atoms with E-state index in [0.717, 1.165) is 5.56 Å². The average Bonchev–Trinajstić information content (AvgIpc) is 2.33. The molecule has 0 saturated carbocycles. The summed E-state index contributed by atoms with van der Waals surface area (Å²) in [5.74, 6) is 0.283. The number of ether oxygens (including phenoxy) is 2. The predicted molar refractivity (Wildman–Crippen MR) is 70.5 cm³/mol. The Morgan fingerprint density at radius 2 is 1.94 bits per heavy atom. The first-order valence-corrected chi connectivity index (χ1v) is 6.25. The summed E-state index contributed by atoms with van der Waals surface area (Å²) < 4.78 is 24.2. The van der Waals surface area contributed by atoms with Crippen LogP contribution in [-0.4, -0.2) is 26.4 Å². The second-order valence-corrected chi connectivity index (χ2v) is 4.46. The maximum atomic E-state index is 13.2. The Labute approximate surface area is 108 Å². The van der Waals surface area contributed by atoms with Crippen molar-refractivity contribution in [1.82, 2.24) is 5.32 Å². The Kier molecular flexibility index (Phi) is 6.09. The van der Waals surface area contributed by atoms with Gasteiger partial charge in [0.15, 0.2) is 0 Å². The third kappa shape index (κ3) is 4.63. The lowest BCUT2D eigenvalue weighted by Gasteiger charge is -2.17. The lowest BCUT2D eigenvalue weighted by molar-refractivity contribution is 0.0549. The molecular formula is C14H22FNO2. The van der Waals surface area contributed by atoms with Crippen molar-refractivity contribution in [2.75, 3.05) is 20.3 Å². The van der Waals surface area contributed by atoms with Gasteiger partial charge in [-0.05, 0) is 33.9 Å². The van der Waals surface area contributed by atoms with E-state index in [1.807, 2.05) is 27.8 Å². The first-order valence-electron chi connectivity index (χ1n) is 6.25. The van der Waals surface area contributed by atoms with Crippen molar-refractivity contribution in [2.45, 2.75) is 32.9 Å². The molecule has 1 unspecified atom stereocenters. The molecule has 102 valence electrons. The molecule has 0 aliphatic heterocycles. The highest BCUT2D eigenvalue weighted by Gasteiger charge is 2.11. The Morgan fingerprint density at radius 3 is 2.56 bits per heavy atom. The molecule has 1 atom stereocenters. The van der Waals surface area contributed by atoms with Crippen LogP contribution < -0.4 is 10.1 Å². The van der Waals surface area contributed by atoms with Crippen LogP contribution in [-0.2, 0) is 4.74 Å². The van der Waals surface area contributed by atoms with Crippen LogP contribution in [0, 0.1) is 5.82 Å². The maximum absolute atomic E-state index is 13.2. The van der Waals surface area contributed by atoms with Crippen LogP contribution in [0.25, 0.3) is 0 Å². The molecule has 1 aromatic rings. The zero-order chi connectivity index (χ0) is 13.5. The minimum absolute atomic E-state index is 0.117. The molecule has 1 N–H and O–H groups in total. The number of hydrogen-bond acceptors (Lipinski definition) is 3. The van der Waals surface area contributed by atoms with E-state index < -0.39 is 0 Å². The van der Waals surface area contributed by atoms with Crippen LogP contribution in [0.5, 0.6) is 5.75 Å². The topological polar surface area (TPSA) is 30.5 Å². The van der Waals surface area contributed by atoms with Gasteiger partial charge in [0.2, 0.25) is 0 Å². The summed E-state index contributed by atoms with van der Waals surface area (Å²) >= 11 is 0. The lowest BCUT2D eigenvalue weighted by atomic mass is 10.1. The van der Waals surface area contributed by atoms with Gasteiger partial charge in [0.25, 0.3) is 0 Å². The summed E-state index contributed by atoms with van der Waals surface area (Å²) in [5.41, 5.74) is 0.948. The van der Waals surface area contributed by atoms with Gasteiger partial charge in [0.1, 0.15) is 18.2 Å². The molecule has 1 aromatic carbocycles. The van der Waals surface area contributed by atoms with E-state index in [-0.39, 0.29) is 18.0 Å². The predicted octanol–water partition coefficient (Wildman–Crippen LogP) is 2.91. The van der Waals surface area contributed by atoms with Gasteiger partial charge in [0.05, 0.1) is 12.7 Å². The summed E-state index contributed by atoms with van der Waals surface area (Å²) in [6.45, 7) is 6.87. The Hall–Kier alpha value is -1.13. The fourth-order valence-electron chi connectivity index (χ4n) is 1.58. The number of nitrogens with one attached hydrogen (secondary N) is 1. The summed E-state index contributed by atoms with van der Waals surface area (Å²) in [6, 6.07) is 4.72. The van der Waals surface area contributed by atoms with Crippen molar-refractivity contribution in [3.8, 4) is 5.75 Å². The van der Waals surface area contributed by atoms with Crippen LogP contribution in [0.3, 0.4) is 0 Å². The van der Waals surface area contributed by atoms with Crippen LogP contribution in [0.4, 0.5) is 4.39 Å². The second kappa shape index (κ2) is 7.34. The average molecular weight is 255 g/mol. The monoisotopic (exact) mass is 255 g/mol. The molecule has 3 nitrogen and oxygen atoms in total. The normalized spacial score (nSPS) is 12.8. The van der Waals surface area contributed by atoms with E-state index >= 15 is 0 Å². The highest BCUT2D eigenvalue weighted by atomic mass is 19.1. The van der Waals surface area contributed by atoms with E-state index in [0.29, 0.717) is 19.0 Å². The quantitative estimate of drug-likeness (QED) is 0.760. The molecule has 0 aliphatic rings. The summed E-state index contributed by atoms with van der Waals surface area (Å²) in [6.07, 6.45) is 0.178. The molecule has 4 heteroatoms. The van der Waals surface area contributed by atoms with E-state index in [1.54, 1.807) is 6.07 Å². The first-order chi connectivity index (χ1) is 8.54. The van der Waals surface area contributed by atoms with Crippen LogP contribution in [0.15, 0.2) is 18.2 Å². The Bertz CT molecular complexity index is 369. The van der Waals surface area contributed by atoms with Gasteiger partial charge in [-0.3, -0.25) is 0 Å². The zero-order valence-corrected chi connectivity index (χ0v) is 11.5. The largest absolute Gasteiger partial charge is 0.491 e. The third-order valence-corrected chi connectivity index (χ3v) is 2.67. The van der Waals surface area contributed by atoms with Gasteiger partial charge in [-0.15, -0.1) is 0 Å². The van der Waals surface area contributed by atoms with Gasteiger partial charge in [-0.1, -0.05) is 6.07 Å². The number of rotatable bonds is 7. The van der Waals surface area contributed by atoms with E-state index in [9.17, 15) is 4.39 Å². The van der Waals surface area contributed by atoms with E-state index in [1.165, 1.54) is 12.1 Å². The van der Waals surface area contributed by atoms with E-state index in [4.69, 9.17) is 9.47 Å². The van der Waals surface area contributed by atoms with Gasteiger partial charge >= 0.3 is 0 Å². The van der Waals surface area contributed by atoms with Gasteiger partial charge in [-0.25, -0.2) is 4.39 Å². The van der Waals surface area contributed by atoms with Crippen molar-refractivity contribution < 1.29 is 13.9 Å². The molecule has 0 radical (unpaired) electrons. The van der Waals surface area contributed by atoms with Crippen molar-refractivity contribution >= 4 is 0 Å². The molecule has 0 spiro atoms. The molecule has 0 bridgehead atoms. The third-order valence-electron chi connectivity index (χ3n) is 2.67. The fourth-order valence-corrected chi connectivity index (χ4v) is 1.58. The molecule has 0 amide bonds. The van der Waals surface area contributed by atoms with Crippen LogP contribution in [0.2, 0.25) is 0 Å². The van der Waals surface area contributed by atoms with Crippen molar-refractivity contribution in [2.24, 2.45) is 0 Å². The molecule has 0 aliphatic carbocycles. The molecule has 1 rings (SSSR count). The molecular weight excluding hydrogens is 233 g/mol. The standard InChI is InChI=1S/C14H22FNO2/c1-10(2)17-7-8-18-14-9-12(15)5-6-13(14)11(3)16-4/h5-6,9-11,16H,7-8H2,1-4H3. The summed E-state index contributed by atoms with van der Waals surface area (Å²) in [7, 11) is 1.86. The fraction of sp³-hybridized carbons (Fsp3) is 0.571. The molecule has 0 saturated heterocycles. The Morgan fingerprint density at radius 1 is 1.22 bits per heavy atom. The molecule has 0 aromatic heterocycles. The van der Waals surface area contributed by atoms with Crippen molar-refractivity contribution in [3.63, 3.8) is 0 Å². The maximum Gasteiger partial charge on any atom is 0.127 e. The van der Waals surface area contributed by atoms with Gasteiger partial charge in [-0.2, -0.15) is 0 Å². The van der Waals surface area contributed by atoms with Crippen LogP contribution >= 0.6 is 0 Å². The highest BCUT2D eigenvalue weighted by molar-refractivity contribution is 5.36. The molecule has 18 heavy (non-hydrogen) atoms. The van der Waals surface area contributed by atoms with E-state index in [2.05, 4.69) is 5.32 Å². The minimum atomic E-state index is -0.290. The Balaban J connectivity index is 2.64. The van der Waals surface area contributed by atoms with Gasteiger partial charge in [0, 0.05) is 17.7 Å². The smallest absolute Gasteiger partial charge is 0.127 e. The first kappa shape index (κ1) is 14.9. The van der Waals surface area contributed by atoms with Crippen LogP contribution in [0.1, 0.15) is 32.4 Å². The molecule has 0 fully saturated rings.